The summed E-state index contributed by atoms with van der Waals surface area (Å²) < 4.78 is 16.1. The highest BCUT2D eigenvalue weighted by Gasteiger charge is 2.19. The first-order valence-corrected chi connectivity index (χ1v) is 7.79. The van der Waals surface area contributed by atoms with Gasteiger partial charge in [0.1, 0.15) is 5.75 Å². The summed E-state index contributed by atoms with van der Waals surface area (Å²) in [6.45, 7) is 3.64. The lowest BCUT2D eigenvalue weighted by Gasteiger charge is -2.20. The van der Waals surface area contributed by atoms with Crippen LogP contribution in [-0.4, -0.2) is 26.2 Å². The van der Waals surface area contributed by atoms with Crippen molar-refractivity contribution in [1.82, 2.24) is 5.32 Å². The van der Waals surface area contributed by atoms with Crippen LogP contribution in [0.25, 0.3) is 0 Å². The van der Waals surface area contributed by atoms with Gasteiger partial charge in [0.05, 0.1) is 20.3 Å². The Morgan fingerprint density at radius 1 is 0.917 bits per heavy atom. The molecule has 128 valence electrons. The molecule has 0 aromatic heterocycles. The van der Waals surface area contributed by atoms with Crippen LogP contribution in [0.15, 0.2) is 48.5 Å². The highest BCUT2D eigenvalue weighted by molar-refractivity contribution is 5.81. The Kier molecular flexibility index (Phi) is 6.07. The molecule has 0 aliphatic heterocycles. The van der Waals surface area contributed by atoms with Crippen LogP contribution >= 0.6 is 0 Å². The molecule has 0 aliphatic carbocycles. The third-order valence-corrected chi connectivity index (χ3v) is 3.72. The summed E-state index contributed by atoms with van der Waals surface area (Å²) in [5.74, 6) is 1.73. The van der Waals surface area contributed by atoms with Crippen molar-refractivity contribution in [3.63, 3.8) is 0 Å². The van der Waals surface area contributed by atoms with Crippen molar-refractivity contribution in [3.05, 3.63) is 54.1 Å². The van der Waals surface area contributed by atoms with Gasteiger partial charge in [-0.25, -0.2) is 0 Å². The molecule has 24 heavy (non-hydrogen) atoms. The zero-order valence-electron chi connectivity index (χ0n) is 14.4. The Labute approximate surface area is 142 Å². The number of hydrogen-bond donors (Lipinski definition) is 1. The molecule has 0 fully saturated rings. The molecule has 1 amide bonds. The van der Waals surface area contributed by atoms with Gasteiger partial charge in [0.25, 0.3) is 5.91 Å². The fourth-order valence-corrected chi connectivity index (χ4v) is 2.27. The number of benzene rings is 2. The van der Waals surface area contributed by atoms with Gasteiger partial charge < -0.3 is 19.5 Å². The Balaban J connectivity index is 1.97. The summed E-state index contributed by atoms with van der Waals surface area (Å²) in [6, 6.07) is 14.7. The number of methoxy groups -OCH3 is 2. The topological polar surface area (TPSA) is 56.8 Å². The fraction of sp³-hybridized carbons (Fsp3) is 0.316. The van der Waals surface area contributed by atoms with Crippen LogP contribution in [-0.2, 0) is 4.79 Å². The second-order valence-electron chi connectivity index (χ2n) is 5.41. The van der Waals surface area contributed by atoms with E-state index in [1.807, 2.05) is 43.3 Å². The van der Waals surface area contributed by atoms with Crippen LogP contribution in [0.3, 0.4) is 0 Å². The average Bonchev–Trinajstić information content (AvgIpc) is 2.62. The van der Waals surface area contributed by atoms with Crippen LogP contribution in [0.4, 0.5) is 0 Å². The third-order valence-electron chi connectivity index (χ3n) is 3.72. The van der Waals surface area contributed by atoms with E-state index in [4.69, 9.17) is 14.2 Å². The summed E-state index contributed by atoms with van der Waals surface area (Å²) in [5.41, 5.74) is 0.994. The predicted octanol–water partition coefficient (Wildman–Crippen LogP) is 3.35. The maximum atomic E-state index is 12.4. The molecule has 0 bridgehead atoms. The van der Waals surface area contributed by atoms with Gasteiger partial charge >= 0.3 is 0 Å². The van der Waals surface area contributed by atoms with E-state index in [0.717, 1.165) is 11.3 Å². The number of nitrogens with one attached hydrogen (secondary N) is 1. The van der Waals surface area contributed by atoms with E-state index in [2.05, 4.69) is 5.32 Å². The minimum Gasteiger partial charge on any atom is -0.497 e. The van der Waals surface area contributed by atoms with E-state index >= 15 is 0 Å². The number of para-hydroxylation sites is 2. The molecule has 0 spiro atoms. The lowest BCUT2D eigenvalue weighted by molar-refractivity contribution is -0.127. The summed E-state index contributed by atoms with van der Waals surface area (Å²) in [6.07, 6.45) is -0.637. The van der Waals surface area contributed by atoms with Gasteiger partial charge in [-0.15, -0.1) is 0 Å². The van der Waals surface area contributed by atoms with Gasteiger partial charge in [-0.3, -0.25) is 4.79 Å². The van der Waals surface area contributed by atoms with Crippen molar-refractivity contribution in [2.24, 2.45) is 0 Å². The van der Waals surface area contributed by atoms with Gasteiger partial charge in [-0.1, -0.05) is 24.3 Å². The monoisotopic (exact) mass is 329 g/mol. The highest BCUT2D eigenvalue weighted by Crippen LogP contribution is 2.27. The van der Waals surface area contributed by atoms with Crippen molar-refractivity contribution in [3.8, 4) is 17.2 Å². The van der Waals surface area contributed by atoms with Gasteiger partial charge in [-0.2, -0.15) is 0 Å². The minimum absolute atomic E-state index is 0.132. The molecule has 5 heteroatoms. The van der Waals surface area contributed by atoms with Crippen LogP contribution in [0, 0.1) is 0 Å². The largest absolute Gasteiger partial charge is 0.497 e. The van der Waals surface area contributed by atoms with Crippen LogP contribution in [0.2, 0.25) is 0 Å². The first-order chi connectivity index (χ1) is 11.5. The average molecular weight is 329 g/mol. The van der Waals surface area contributed by atoms with Crippen molar-refractivity contribution in [2.45, 2.75) is 26.0 Å². The van der Waals surface area contributed by atoms with E-state index in [1.54, 1.807) is 33.3 Å². The summed E-state index contributed by atoms with van der Waals surface area (Å²) in [4.78, 5) is 12.4. The highest BCUT2D eigenvalue weighted by atomic mass is 16.5. The first kappa shape index (κ1) is 17.7. The van der Waals surface area contributed by atoms with Gasteiger partial charge in [0, 0.05) is 0 Å². The molecule has 0 radical (unpaired) electrons. The third kappa shape index (κ3) is 4.41. The lowest BCUT2D eigenvalue weighted by Crippen LogP contribution is -2.37. The molecule has 0 aliphatic rings. The minimum atomic E-state index is -0.637. The molecule has 0 saturated carbocycles. The standard InChI is InChI=1S/C19H23NO4/c1-13(15-9-11-16(22-3)12-10-15)20-19(21)14(2)24-18-8-6-5-7-17(18)23-4/h5-14H,1-4H3,(H,20,21)/t13-,14-/m0/s1. The van der Waals surface area contributed by atoms with Crippen LogP contribution in [0.1, 0.15) is 25.5 Å². The van der Waals surface area contributed by atoms with E-state index in [1.165, 1.54) is 0 Å². The number of carbonyl (C=O) groups excluding carboxylic acids is 1. The first-order valence-electron chi connectivity index (χ1n) is 7.79. The summed E-state index contributed by atoms with van der Waals surface area (Å²) in [7, 11) is 3.19. The molecule has 0 heterocycles. The number of hydrogen-bond acceptors (Lipinski definition) is 4. The number of amides is 1. The molecular formula is C19H23NO4. The zero-order valence-corrected chi connectivity index (χ0v) is 14.4. The fourth-order valence-electron chi connectivity index (χ4n) is 2.27. The second kappa shape index (κ2) is 8.24. The van der Waals surface area contributed by atoms with E-state index in [-0.39, 0.29) is 11.9 Å². The van der Waals surface area contributed by atoms with Crippen molar-refractivity contribution in [2.75, 3.05) is 14.2 Å². The number of ether oxygens (including phenoxy) is 3. The van der Waals surface area contributed by atoms with Crippen molar-refractivity contribution < 1.29 is 19.0 Å². The normalized spacial score (nSPS) is 12.8. The van der Waals surface area contributed by atoms with Gasteiger partial charge in [-0.05, 0) is 43.7 Å². The van der Waals surface area contributed by atoms with Crippen molar-refractivity contribution >= 4 is 5.91 Å². The summed E-state index contributed by atoms with van der Waals surface area (Å²) >= 11 is 0. The van der Waals surface area contributed by atoms with E-state index in [9.17, 15) is 4.79 Å². The maximum Gasteiger partial charge on any atom is 0.261 e. The van der Waals surface area contributed by atoms with Gasteiger partial charge in [0.15, 0.2) is 17.6 Å². The SMILES string of the molecule is COc1ccc([C@H](C)NC(=O)[C@H](C)Oc2ccccc2OC)cc1. The molecule has 2 atom stereocenters. The van der Waals surface area contributed by atoms with Crippen LogP contribution < -0.4 is 19.5 Å². The maximum absolute atomic E-state index is 12.4. The molecule has 0 saturated heterocycles. The summed E-state index contributed by atoms with van der Waals surface area (Å²) in [5, 5.41) is 2.95. The van der Waals surface area contributed by atoms with E-state index < -0.39 is 6.10 Å². The molecule has 2 aromatic rings. The van der Waals surface area contributed by atoms with Gasteiger partial charge in [0.2, 0.25) is 0 Å². The number of rotatable bonds is 7. The smallest absolute Gasteiger partial charge is 0.261 e. The van der Waals surface area contributed by atoms with Crippen LogP contribution in [0.5, 0.6) is 17.2 Å². The predicted molar refractivity (Wildman–Crippen MR) is 92.6 cm³/mol. The molecule has 0 unspecified atom stereocenters. The van der Waals surface area contributed by atoms with E-state index in [0.29, 0.717) is 11.5 Å². The Bertz CT molecular complexity index is 669. The molecule has 1 N–H and O–H groups in total. The second-order valence-corrected chi connectivity index (χ2v) is 5.41. The number of carbonyl (C=O) groups is 1. The molecule has 5 nitrogen and oxygen atoms in total. The lowest BCUT2D eigenvalue weighted by atomic mass is 10.1. The Hall–Kier alpha value is -2.69. The zero-order chi connectivity index (χ0) is 17.5. The molecule has 2 rings (SSSR count). The molecular weight excluding hydrogens is 306 g/mol. The molecule has 2 aromatic carbocycles. The Morgan fingerprint density at radius 2 is 1.54 bits per heavy atom. The Morgan fingerprint density at radius 3 is 2.12 bits per heavy atom. The van der Waals surface area contributed by atoms with Crippen molar-refractivity contribution in [1.29, 1.82) is 0 Å². The quantitative estimate of drug-likeness (QED) is 0.846.